The van der Waals surface area contributed by atoms with Crippen LogP contribution in [0, 0.1) is 25.2 Å². The molecule has 0 radical (unpaired) electrons. The number of halogens is 2. The van der Waals surface area contributed by atoms with Crippen LogP contribution in [-0.4, -0.2) is 25.0 Å². The Morgan fingerprint density at radius 2 is 1.70 bits per heavy atom. The van der Waals surface area contributed by atoms with Crippen molar-refractivity contribution in [3.63, 3.8) is 0 Å². The highest BCUT2D eigenvalue weighted by Gasteiger charge is 2.16. The molecule has 0 fully saturated rings. The molecule has 2 N–H and O–H groups in total. The summed E-state index contributed by atoms with van der Waals surface area (Å²) in [5.74, 6) is -0.203. The lowest BCUT2D eigenvalue weighted by molar-refractivity contribution is -0.118. The second kappa shape index (κ2) is 12.9. The van der Waals surface area contributed by atoms with Crippen LogP contribution in [-0.2, 0) is 9.59 Å². The van der Waals surface area contributed by atoms with Crippen molar-refractivity contribution in [3.05, 3.63) is 86.4 Å². The van der Waals surface area contributed by atoms with Gasteiger partial charge in [0.05, 0.1) is 11.1 Å². The Labute approximate surface area is 229 Å². The molecule has 0 bridgehead atoms. The van der Waals surface area contributed by atoms with Crippen molar-refractivity contribution in [1.82, 2.24) is 0 Å². The van der Waals surface area contributed by atoms with E-state index < -0.39 is 5.91 Å². The minimum atomic E-state index is -0.567. The van der Waals surface area contributed by atoms with Crippen molar-refractivity contribution in [2.24, 2.45) is 0 Å². The van der Waals surface area contributed by atoms with Gasteiger partial charge in [0.1, 0.15) is 11.6 Å². The van der Waals surface area contributed by atoms with Crippen molar-refractivity contribution in [3.8, 4) is 17.6 Å². The second-order valence-corrected chi connectivity index (χ2v) is 9.32. The molecular weight excluding hydrogens is 558 g/mol. The van der Waals surface area contributed by atoms with Gasteiger partial charge in [0, 0.05) is 16.4 Å². The summed E-state index contributed by atoms with van der Waals surface area (Å²) in [5, 5.41) is 15.6. The van der Waals surface area contributed by atoms with Crippen LogP contribution in [0.2, 0.25) is 5.02 Å². The highest BCUT2D eigenvalue weighted by molar-refractivity contribution is 9.10. The highest BCUT2D eigenvalue weighted by atomic mass is 79.9. The van der Waals surface area contributed by atoms with Crippen LogP contribution in [0.1, 0.15) is 23.6 Å². The van der Waals surface area contributed by atoms with E-state index in [1.165, 1.54) is 6.08 Å². The molecule has 3 aromatic rings. The van der Waals surface area contributed by atoms with Gasteiger partial charge in [0.25, 0.3) is 11.8 Å². The van der Waals surface area contributed by atoms with Crippen LogP contribution >= 0.6 is 27.5 Å². The van der Waals surface area contributed by atoms with Gasteiger partial charge in [0.2, 0.25) is 0 Å². The summed E-state index contributed by atoms with van der Waals surface area (Å²) >= 11 is 9.33. The van der Waals surface area contributed by atoms with E-state index in [0.717, 1.165) is 11.1 Å². The number of nitriles is 1. The maximum Gasteiger partial charge on any atom is 0.266 e. The zero-order valence-electron chi connectivity index (χ0n) is 20.5. The number of ether oxygens (including phenoxy) is 2. The fraction of sp³-hybridized carbons (Fsp3) is 0.179. The average molecular weight is 583 g/mol. The molecule has 0 heterocycles. The molecule has 3 rings (SSSR count). The molecule has 0 saturated heterocycles. The normalized spacial score (nSPS) is 10.9. The molecule has 37 heavy (non-hydrogen) atoms. The third-order valence-electron chi connectivity index (χ3n) is 5.25. The summed E-state index contributed by atoms with van der Waals surface area (Å²) in [6.07, 6.45) is 1.44. The lowest BCUT2D eigenvalue weighted by atomic mass is 10.1. The molecule has 9 heteroatoms. The molecule has 0 aliphatic rings. The fourth-order valence-electron chi connectivity index (χ4n) is 3.28. The van der Waals surface area contributed by atoms with Gasteiger partial charge in [-0.2, -0.15) is 5.26 Å². The summed E-state index contributed by atoms with van der Waals surface area (Å²) < 4.78 is 12.0. The van der Waals surface area contributed by atoms with Gasteiger partial charge in [-0.05, 0) is 108 Å². The second-order valence-electron chi connectivity index (χ2n) is 8.03. The number of amides is 2. The van der Waals surface area contributed by atoms with Gasteiger partial charge in [-0.3, -0.25) is 9.59 Å². The summed E-state index contributed by atoms with van der Waals surface area (Å²) in [6.45, 7) is 5.89. The number of anilines is 2. The van der Waals surface area contributed by atoms with Crippen LogP contribution in [0.4, 0.5) is 11.4 Å². The topological polar surface area (TPSA) is 100 Å². The molecule has 0 saturated carbocycles. The van der Waals surface area contributed by atoms with E-state index in [2.05, 4.69) is 26.6 Å². The molecular formula is C28H25BrClN3O4. The quantitative estimate of drug-likeness (QED) is 0.216. The monoisotopic (exact) mass is 581 g/mol. The smallest absolute Gasteiger partial charge is 0.266 e. The zero-order valence-corrected chi connectivity index (χ0v) is 22.9. The zero-order chi connectivity index (χ0) is 26.9. The molecule has 0 aliphatic heterocycles. The molecule has 2 amide bonds. The van der Waals surface area contributed by atoms with Gasteiger partial charge in [-0.25, -0.2) is 0 Å². The van der Waals surface area contributed by atoms with Crippen molar-refractivity contribution in [2.45, 2.75) is 20.8 Å². The highest BCUT2D eigenvalue weighted by Crippen LogP contribution is 2.37. The Bertz CT molecular complexity index is 1380. The van der Waals surface area contributed by atoms with Crippen LogP contribution in [0.3, 0.4) is 0 Å². The van der Waals surface area contributed by atoms with E-state index in [4.69, 9.17) is 21.1 Å². The van der Waals surface area contributed by atoms with Gasteiger partial charge >= 0.3 is 0 Å². The molecule has 0 aromatic heterocycles. The Balaban J connectivity index is 1.76. The first kappa shape index (κ1) is 27.8. The lowest BCUT2D eigenvalue weighted by Crippen LogP contribution is -2.20. The van der Waals surface area contributed by atoms with E-state index in [-0.39, 0.29) is 18.1 Å². The van der Waals surface area contributed by atoms with Gasteiger partial charge in [0.15, 0.2) is 18.1 Å². The minimum absolute atomic E-state index is 0.106. The van der Waals surface area contributed by atoms with Crippen molar-refractivity contribution >= 4 is 56.8 Å². The first-order valence-corrected chi connectivity index (χ1v) is 12.5. The Kier molecular flexibility index (Phi) is 9.72. The van der Waals surface area contributed by atoms with Crippen LogP contribution in [0.5, 0.6) is 11.5 Å². The number of hydrogen-bond donors (Lipinski definition) is 2. The van der Waals surface area contributed by atoms with Crippen molar-refractivity contribution in [1.29, 1.82) is 5.26 Å². The number of nitrogens with one attached hydrogen (secondary N) is 2. The first-order valence-electron chi connectivity index (χ1n) is 11.3. The van der Waals surface area contributed by atoms with Crippen LogP contribution in [0.25, 0.3) is 6.08 Å². The molecule has 7 nitrogen and oxygen atoms in total. The molecule has 0 spiro atoms. The number of hydrogen-bond acceptors (Lipinski definition) is 5. The average Bonchev–Trinajstić information content (AvgIpc) is 2.85. The third-order valence-corrected chi connectivity index (χ3v) is 6.09. The molecule has 0 atom stereocenters. The maximum absolute atomic E-state index is 12.6. The van der Waals surface area contributed by atoms with E-state index in [1.54, 1.807) is 36.4 Å². The fourth-order valence-corrected chi connectivity index (χ4v) is 3.98. The predicted molar refractivity (Wildman–Crippen MR) is 149 cm³/mol. The standard InChI is InChI=1S/C28H25BrClN3O4/c1-4-36-25-14-19(12-20(15-31)28(35)33-22-9-6-21(30)7-10-22)13-24(29)27(25)37-16-26(34)32-23-8-5-17(2)18(3)11-23/h5-14H,4,16H2,1-3H3,(H,32,34)(H,33,35)/b20-12-. The summed E-state index contributed by atoms with van der Waals surface area (Å²) in [5.41, 5.74) is 3.82. The molecule has 3 aromatic carbocycles. The summed E-state index contributed by atoms with van der Waals surface area (Å²) in [4.78, 5) is 25.1. The first-order chi connectivity index (χ1) is 17.7. The van der Waals surface area contributed by atoms with Crippen molar-refractivity contribution < 1.29 is 19.1 Å². The number of rotatable bonds is 9. The Morgan fingerprint density at radius 3 is 2.35 bits per heavy atom. The summed E-state index contributed by atoms with van der Waals surface area (Å²) in [7, 11) is 0. The van der Waals surface area contributed by atoms with E-state index >= 15 is 0 Å². The van der Waals surface area contributed by atoms with Crippen LogP contribution in [0.15, 0.2) is 64.6 Å². The van der Waals surface area contributed by atoms with Gasteiger partial charge in [-0.1, -0.05) is 17.7 Å². The van der Waals surface area contributed by atoms with E-state index in [0.29, 0.717) is 44.5 Å². The molecule has 0 aliphatic carbocycles. The van der Waals surface area contributed by atoms with Crippen LogP contribution < -0.4 is 20.1 Å². The van der Waals surface area contributed by atoms with Crippen molar-refractivity contribution in [2.75, 3.05) is 23.8 Å². The van der Waals surface area contributed by atoms with E-state index in [9.17, 15) is 14.9 Å². The largest absolute Gasteiger partial charge is 0.490 e. The lowest BCUT2D eigenvalue weighted by Gasteiger charge is -2.15. The Hall–Kier alpha value is -3.80. The maximum atomic E-state index is 12.6. The molecule has 0 unspecified atom stereocenters. The number of nitrogens with zero attached hydrogens (tertiary/aromatic N) is 1. The number of aryl methyl sites for hydroxylation is 2. The Morgan fingerprint density at radius 1 is 1.00 bits per heavy atom. The SMILES string of the molecule is CCOc1cc(/C=C(/C#N)C(=O)Nc2ccc(Cl)cc2)cc(Br)c1OCC(=O)Nc1ccc(C)c(C)c1. The van der Waals surface area contributed by atoms with Gasteiger partial charge < -0.3 is 20.1 Å². The number of carbonyl (C=O) groups excluding carboxylic acids is 2. The predicted octanol–water partition coefficient (Wildman–Crippen LogP) is 6.68. The summed E-state index contributed by atoms with van der Waals surface area (Å²) in [6, 6.07) is 17.5. The van der Waals surface area contributed by atoms with Gasteiger partial charge in [-0.15, -0.1) is 0 Å². The number of benzene rings is 3. The molecule has 190 valence electrons. The number of carbonyl (C=O) groups is 2. The third kappa shape index (κ3) is 7.84. The minimum Gasteiger partial charge on any atom is -0.490 e. The van der Waals surface area contributed by atoms with E-state index in [1.807, 2.05) is 45.0 Å².